The Morgan fingerprint density at radius 1 is 1.33 bits per heavy atom. The molecule has 2 rings (SSSR count). The first-order valence-electron chi connectivity index (χ1n) is 7.19. The van der Waals surface area contributed by atoms with Gasteiger partial charge in [-0.25, -0.2) is 4.68 Å². The molecule has 0 saturated carbocycles. The zero-order chi connectivity index (χ0) is 15.2. The van der Waals surface area contributed by atoms with Gasteiger partial charge in [-0.2, -0.15) is 5.10 Å². The third-order valence-electron chi connectivity index (χ3n) is 3.55. The first-order valence-corrected chi connectivity index (χ1v) is 7.19. The number of anilines is 2. The Hall–Kier alpha value is -2.30. The standard InChI is InChI=1S/C16H22N4O/c1-4-19(3)14-11-16(21)20(18-12-14)10-9-17-15-8-6-5-7-13(15)2/h5-8,11-12,17H,4,9-10H2,1-3H3. The summed E-state index contributed by atoms with van der Waals surface area (Å²) < 4.78 is 1.48. The molecule has 0 radical (unpaired) electrons. The van der Waals surface area contributed by atoms with Crippen LogP contribution in [0.5, 0.6) is 0 Å². The van der Waals surface area contributed by atoms with Crippen LogP contribution in [-0.4, -0.2) is 29.9 Å². The number of para-hydroxylation sites is 1. The molecular formula is C16H22N4O. The van der Waals surface area contributed by atoms with Crippen molar-refractivity contribution in [2.24, 2.45) is 0 Å². The van der Waals surface area contributed by atoms with E-state index in [4.69, 9.17) is 0 Å². The minimum Gasteiger partial charge on any atom is -0.383 e. The Kier molecular flexibility index (Phi) is 4.98. The van der Waals surface area contributed by atoms with Gasteiger partial charge in [0.15, 0.2) is 0 Å². The number of rotatable bonds is 6. The minimum absolute atomic E-state index is 0.0700. The van der Waals surface area contributed by atoms with E-state index < -0.39 is 0 Å². The van der Waals surface area contributed by atoms with Gasteiger partial charge in [0, 0.05) is 31.9 Å². The molecule has 1 N–H and O–H groups in total. The van der Waals surface area contributed by atoms with Crippen molar-refractivity contribution in [3.05, 3.63) is 52.4 Å². The summed E-state index contributed by atoms with van der Waals surface area (Å²) in [6.07, 6.45) is 1.73. The molecule has 5 nitrogen and oxygen atoms in total. The topological polar surface area (TPSA) is 50.2 Å². The predicted molar refractivity (Wildman–Crippen MR) is 87.1 cm³/mol. The molecule has 0 aliphatic heterocycles. The highest BCUT2D eigenvalue weighted by atomic mass is 16.1. The van der Waals surface area contributed by atoms with E-state index in [9.17, 15) is 4.79 Å². The van der Waals surface area contributed by atoms with Crippen molar-refractivity contribution in [3.63, 3.8) is 0 Å². The highest BCUT2D eigenvalue weighted by molar-refractivity contribution is 5.50. The van der Waals surface area contributed by atoms with Crippen molar-refractivity contribution >= 4 is 11.4 Å². The van der Waals surface area contributed by atoms with Crippen LogP contribution in [0.2, 0.25) is 0 Å². The zero-order valence-electron chi connectivity index (χ0n) is 12.8. The number of benzene rings is 1. The second-order valence-corrected chi connectivity index (χ2v) is 5.03. The molecule has 0 unspecified atom stereocenters. The van der Waals surface area contributed by atoms with Crippen molar-refractivity contribution in [2.75, 3.05) is 30.4 Å². The molecule has 0 saturated heterocycles. The number of hydrogen-bond donors (Lipinski definition) is 1. The van der Waals surface area contributed by atoms with E-state index >= 15 is 0 Å². The van der Waals surface area contributed by atoms with Crippen LogP contribution in [0.1, 0.15) is 12.5 Å². The number of nitrogens with one attached hydrogen (secondary N) is 1. The summed E-state index contributed by atoms with van der Waals surface area (Å²) in [5, 5.41) is 7.55. The van der Waals surface area contributed by atoms with E-state index in [1.807, 2.05) is 37.1 Å². The molecule has 0 spiro atoms. The summed E-state index contributed by atoms with van der Waals surface area (Å²) in [7, 11) is 1.94. The van der Waals surface area contributed by atoms with Crippen molar-refractivity contribution in [3.8, 4) is 0 Å². The third-order valence-corrected chi connectivity index (χ3v) is 3.55. The van der Waals surface area contributed by atoms with Crippen molar-refractivity contribution < 1.29 is 0 Å². The number of hydrogen-bond acceptors (Lipinski definition) is 4. The van der Waals surface area contributed by atoms with Crippen molar-refractivity contribution in [1.29, 1.82) is 0 Å². The van der Waals surface area contributed by atoms with E-state index in [2.05, 4.69) is 23.4 Å². The largest absolute Gasteiger partial charge is 0.383 e. The second kappa shape index (κ2) is 6.92. The normalized spacial score (nSPS) is 10.4. The van der Waals surface area contributed by atoms with Crippen LogP contribution < -0.4 is 15.8 Å². The fourth-order valence-corrected chi connectivity index (χ4v) is 2.05. The molecule has 0 fully saturated rings. The molecule has 0 aliphatic carbocycles. The first-order chi connectivity index (χ1) is 10.1. The Balaban J connectivity index is 1.98. The number of aromatic nitrogens is 2. The lowest BCUT2D eigenvalue weighted by molar-refractivity contribution is 0.597. The quantitative estimate of drug-likeness (QED) is 0.883. The summed E-state index contributed by atoms with van der Waals surface area (Å²) in [5.41, 5.74) is 3.07. The first kappa shape index (κ1) is 15.1. The number of aryl methyl sites for hydroxylation is 1. The molecule has 2 aromatic rings. The van der Waals surface area contributed by atoms with Crippen molar-refractivity contribution in [1.82, 2.24) is 9.78 Å². The maximum atomic E-state index is 12.0. The molecule has 0 aliphatic rings. The monoisotopic (exact) mass is 286 g/mol. The van der Waals surface area contributed by atoms with E-state index in [1.165, 1.54) is 10.2 Å². The minimum atomic E-state index is -0.0700. The second-order valence-electron chi connectivity index (χ2n) is 5.03. The van der Waals surface area contributed by atoms with Gasteiger partial charge in [-0.05, 0) is 25.5 Å². The summed E-state index contributed by atoms with van der Waals surface area (Å²) >= 11 is 0. The molecule has 0 bridgehead atoms. The maximum Gasteiger partial charge on any atom is 0.268 e. The summed E-state index contributed by atoms with van der Waals surface area (Å²) in [4.78, 5) is 14.0. The third kappa shape index (κ3) is 3.84. The average molecular weight is 286 g/mol. The van der Waals surface area contributed by atoms with E-state index in [1.54, 1.807) is 12.3 Å². The fourth-order valence-electron chi connectivity index (χ4n) is 2.05. The Morgan fingerprint density at radius 2 is 2.10 bits per heavy atom. The van der Waals surface area contributed by atoms with Crippen LogP contribution in [0.25, 0.3) is 0 Å². The van der Waals surface area contributed by atoms with Gasteiger partial charge in [-0.3, -0.25) is 4.79 Å². The highest BCUT2D eigenvalue weighted by Gasteiger charge is 2.03. The molecule has 0 atom stereocenters. The SMILES string of the molecule is CCN(C)c1cnn(CCNc2ccccc2C)c(=O)c1. The van der Waals surface area contributed by atoms with Gasteiger partial charge in [-0.1, -0.05) is 18.2 Å². The number of nitrogens with zero attached hydrogens (tertiary/aromatic N) is 3. The van der Waals surface area contributed by atoms with Gasteiger partial charge < -0.3 is 10.2 Å². The van der Waals surface area contributed by atoms with Crippen LogP contribution >= 0.6 is 0 Å². The molecular weight excluding hydrogens is 264 g/mol. The molecule has 112 valence electrons. The Bertz CT molecular complexity index is 651. The van der Waals surface area contributed by atoms with Crippen LogP contribution in [-0.2, 0) is 6.54 Å². The van der Waals surface area contributed by atoms with Gasteiger partial charge in [0.25, 0.3) is 5.56 Å². The lowest BCUT2D eigenvalue weighted by Crippen LogP contribution is -2.27. The smallest absolute Gasteiger partial charge is 0.268 e. The molecule has 1 aromatic carbocycles. The van der Waals surface area contributed by atoms with Crippen LogP contribution in [0, 0.1) is 6.92 Å². The molecule has 1 heterocycles. The van der Waals surface area contributed by atoms with E-state index in [0.717, 1.165) is 17.9 Å². The lowest BCUT2D eigenvalue weighted by Gasteiger charge is -2.16. The Labute approximate surface area is 125 Å². The van der Waals surface area contributed by atoms with Crippen molar-refractivity contribution in [2.45, 2.75) is 20.4 Å². The van der Waals surface area contributed by atoms with Gasteiger partial charge >= 0.3 is 0 Å². The molecule has 1 aromatic heterocycles. The maximum absolute atomic E-state index is 12.0. The summed E-state index contributed by atoms with van der Waals surface area (Å²) in [6.45, 7) is 6.16. The van der Waals surface area contributed by atoms with Gasteiger partial charge in [0.2, 0.25) is 0 Å². The van der Waals surface area contributed by atoms with Crippen LogP contribution in [0.15, 0.2) is 41.3 Å². The van der Waals surface area contributed by atoms with Gasteiger partial charge in [-0.15, -0.1) is 0 Å². The Morgan fingerprint density at radius 3 is 2.76 bits per heavy atom. The predicted octanol–water partition coefficient (Wildman–Crippen LogP) is 2.12. The van der Waals surface area contributed by atoms with Crippen LogP contribution in [0.3, 0.4) is 0 Å². The van der Waals surface area contributed by atoms with Gasteiger partial charge in [0.1, 0.15) is 0 Å². The average Bonchev–Trinajstić information content (AvgIpc) is 2.50. The highest BCUT2D eigenvalue weighted by Crippen LogP contribution is 2.12. The van der Waals surface area contributed by atoms with Crippen LogP contribution in [0.4, 0.5) is 11.4 Å². The summed E-state index contributed by atoms with van der Waals surface area (Å²) in [5.74, 6) is 0. The molecule has 21 heavy (non-hydrogen) atoms. The fraction of sp³-hybridized carbons (Fsp3) is 0.375. The summed E-state index contributed by atoms with van der Waals surface area (Å²) in [6, 6.07) is 9.72. The van der Waals surface area contributed by atoms with Gasteiger partial charge in [0.05, 0.1) is 18.4 Å². The zero-order valence-corrected chi connectivity index (χ0v) is 12.8. The lowest BCUT2D eigenvalue weighted by atomic mass is 10.2. The molecule has 5 heteroatoms. The van der Waals surface area contributed by atoms with E-state index in [0.29, 0.717) is 13.1 Å². The molecule has 0 amide bonds. The van der Waals surface area contributed by atoms with E-state index in [-0.39, 0.29) is 5.56 Å².